The Hall–Kier alpha value is -3.47. The molecule has 31 heavy (non-hydrogen) atoms. The van der Waals surface area contributed by atoms with E-state index in [1.54, 1.807) is 30.1 Å². The predicted molar refractivity (Wildman–Crippen MR) is 121 cm³/mol. The van der Waals surface area contributed by atoms with Gasteiger partial charge in [-0.15, -0.1) is 0 Å². The molecule has 1 aliphatic rings. The van der Waals surface area contributed by atoms with E-state index in [0.717, 1.165) is 23.5 Å². The third-order valence-corrected chi connectivity index (χ3v) is 5.60. The van der Waals surface area contributed by atoms with E-state index in [1.807, 2.05) is 54.1 Å². The van der Waals surface area contributed by atoms with Gasteiger partial charge in [0.1, 0.15) is 5.82 Å². The SMILES string of the molecule is CCc1c(C(=O)N(C)Cc2ccccc2F)c(C2C=CC=CC2)nn1-c1ccccc1. The van der Waals surface area contributed by atoms with E-state index in [-0.39, 0.29) is 24.2 Å². The molecule has 3 aromatic rings. The first-order valence-electron chi connectivity index (χ1n) is 10.6. The van der Waals surface area contributed by atoms with Crippen molar-refractivity contribution in [3.05, 3.63) is 107 Å². The molecular weight excluding hydrogens is 389 g/mol. The van der Waals surface area contributed by atoms with E-state index in [1.165, 1.54) is 6.07 Å². The third-order valence-electron chi connectivity index (χ3n) is 5.60. The van der Waals surface area contributed by atoms with Crippen LogP contribution in [0.2, 0.25) is 0 Å². The van der Waals surface area contributed by atoms with E-state index >= 15 is 0 Å². The van der Waals surface area contributed by atoms with Gasteiger partial charge < -0.3 is 4.90 Å². The number of allylic oxidation sites excluding steroid dienone is 4. The highest BCUT2D eigenvalue weighted by Crippen LogP contribution is 2.31. The molecule has 1 aliphatic carbocycles. The Morgan fingerprint density at radius 3 is 2.55 bits per heavy atom. The predicted octanol–water partition coefficient (Wildman–Crippen LogP) is 5.45. The lowest BCUT2D eigenvalue weighted by atomic mass is 9.93. The van der Waals surface area contributed by atoms with Crippen LogP contribution in [0.25, 0.3) is 5.69 Å². The van der Waals surface area contributed by atoms with Crippen molar-refractivity contribution in [1.29, 1.82) is 0 Å². The van der Waals surface area contributed by atoms with Crippen molar-refractivity contribution in [2.24, 2.45) is 0 Å². The number of rotatable bonds is 6. The molecule has 1 heterocycles. The normalized spacial score (nSPS) is 15.3. The summed E-state index contributed by atoms with van der Waals surface area (Å²) in [6.45, 7) is 2.23. The summed E-state index contributed by atoms with van der Waals surface area (Å²) in [4.78, 5) is 15.2. The van der Waals surface area contributed by atoms with Gasteiger partial charge in [0.2, 0.25) is 0 Å². The second-order valence-electron chi connectivity index (χ2n) is 7.72. The number of hydrogen-bond acceptors (Lipinski definition) is 2. The van der Waals surface area contributed by atoms with Crippen LogP contribution in [0.1, 0.15) is 46.6 Å². The molecule has 4 rings (SSSR count). The van der Waals surface area contributed by atoms with Crippen LogP contribution in [0.15, 0.2) is 78.9 Å². The largest absolute Gasteiger partial charge is 0.337 e. The molecule has 158 valence electrons. The summed E-state index contributed by atoms with van der Waals surface area (Å²) in [5.74, 6) is -0.417. The second-order valence-corrected chi connectivity index (χ2v) is 7.72. The molecule has 4 nitrogen and oxygen atoms in total. The Balaban J connectivity index is 1.78. The zero-order valence-corrected chi connectivity index (χ0v) is 17.8. The fraction of sp³-hybridized carbons (Fsp3) is 0.231. The number of amides is 1. The molecule has 0 spiro atoms. The maximum atomic E-state index is 14.2. The molecule has 1 amide bonds. The maximum Gasteiger partial charge on any atom is 0.257 e. The number of halogens is 1. The highest BCUT2D eigenvalue weighted by molar-refractivity contribution is 5.97. The van der Waals surface area contributed by atoms with Gasteiger partial charge >= 0.3 is 0 Å². The maximum absolute atomic E-state index is 14.2. The highest BCUT2D eigenvalue weighted by Gasteiger charge is 2.29. The number of hydrogen-bond donors (Lipinski definition) is 0. The molecular formula is C26H26FN3O. The van der Waals surface area contributed by atoms with Crippen LogP contribution < -0.4 is 0 Å². The lowest BCUT2D eigenvalue weighted by molar-refractivity contribution is 0.0781. The lowest BCUT2D eigenvalue weighted by Crippen LogP contribution is -2.28. The first-order valence-corrected chi connectivity index (χ1v) is 10.6. The summed E-state index contributed by atoms with van der Waals surface area (Å²) >= 11 is 0. The van der Waals surface area contributed by atoms with E-state index in [4.69, 9.17) is 5.10 Å². The Bertz CT molecular complexity index is 1130. The van der Waals surface area contributed by atoms with Gasteiger partial charge in [0.15, 0.2) is 0 Å². The van der Waals surface area contributed by atoms with Gasteiger partial charge in [-0.3, -0.25) is 4.79 Å². The summed E-state index contributed by atoms with van der Waals surface area (Å²) in [5.41, 5.74) is 3.68. The number of nitrogens with zero attached hydrogens (tertiary/aromatic N) is 3. The van der Waals surface area contributed by atoms with Gasteiger partial charge in [-0.2, -0.15) is 5.10 Å². The van der Waals surface area contributed by atoms with Crippen LogP contribution >= 0.6 is 0 Å². The minimum atomic E-state index is -0.307. The molecule has 0 bridgehead atoms. The van der Waals surface area contributed by atoms with Gasteiger partial charge in [0.05, 0.1) is 22.6 Å². The Morgan fingerprint density at radius 2 is 1.87 bits per heavy atom. The number of para-hydroxylation sites is 1. The fourth-order valence-electron chi connectivity index (χ4n) is 4.00. The first-order chi connectivity index (χ1) is 15.1. The molecule has 2 aromatic carbocycles. The van der Waals surface area contributed by atoms with Crippen molar-refractivity contribution in [1.82, 2.24) is 14.7 Å². The molecule has 5 heteroatoms. The molecule has 0 radical (unpaired) electrons. The summed E-state index contributed by atoms with van der Waals surface area (Å²) < 4.78 is 16.1. The molecule has 0 saturated heterocycles. The number of aromatic nitrogens is 2. The van der Waals surface area contributed by atoms with Crippen molar-refractivity contribution >= 4 is 5.91 Å². The number of carbonyl (C=O) groups is 1. The lowest BCUT2D eigenvalue weighted by Gasteiger charge is -2.20. The van der Waals surface area contributed by atoms with E-state index < -0.39 is 0 Å². The minimum Gasteiger partial charge on any atom is -0.337 e. The van der Waals surface area contributed by atoms with Crippen molar-refractivity contribution in [3.8, 4) is 5.69 Å². The number of benzene rings is 2. The van der Waals surface area contributed by atoms with Crippen LogP contribution in [0, 0.1) is 5.82 Å². The first kappa shape index (κ1) is 20.8. The summed E-state index contributed by atoms with van der Waals surface area (Å²) in [6.07, 6.45) is 9.64. The van der Waals surface area contributed by atoms with Crippen LogP contribution in [0.5, 0.6) is 0 Å². The smallest absolute Gasteiger partial charge is 0.257 e. The van der Waals surface area contributed by atoms with Gasteiger partial charge in [0.25, 0.3) is 5.91 Å². The standard InChI is InChI=1S/C26H26FN3O/c1-3-23-24(26(31)29(2)18-20-14-10-11-17-22(20)27)25(19-12-6-4-7-13-19)28-30(23)21-15-8-5-9-16-21/h4-12,14-17,19H,3,13,18H2,1-2H3. The zero-order chi connectivity index (χ0) is 21.8. The van der Waals surface area contributed by atoms with Crippen molar-refractivity contribution in [2.45, 2.75) is 32.2 Å². The molecule has 0 saturated carbocycles. The molecule has 0 aliphatic heterocycles. The van der Waals surface area contributed by atoms with E-state index in [0.29, 0.717) is 17.5 Å². The molecule has 1 aromatic heterocycles. The topological polar surface area (TPSA) is 38.1 Å². The van der Waals surface area contributed by atoms with E-state index in [2.05, 4.69) is 12.2 Å². The average molecular weight is 416 g/mol. The van der Waals surface area contributed by atoms with Gasteiger partial charge in [0, 0.05) is 25.1 Å². The second kappa shape index (κ2) is 9.13. The average Bonchev–Trinajstić information content (AvgIpc) is 3.21. The molecule has 0 fully saturated rings. The summed E-state index contributed by atoms with van der Waals surface area (Å²) in [7, 11) is 1.72. The van der Waals surface area contributed by atoms with Gasteiger partial charge in [-0.1, -0.05) is 67.6 Å². The van der Waals surface area contributed by atoms with Gasteiger partial charge in [-0.25, -0.2) is 9.07 Å². The molecule has 0 N–H and O–H groups in total. The Kier molecular flexibility index (Phi) is 6.12. The fourth-order valence-corrected chi connectivity index (χ4v) is 4.00. The number of carbonyl (C=O) groups excluding carboxylic acids is 1. The van der Waals surface area contributed by atoms with Gasteiger partial charge in [-0.05, 0) is 31.0 Å². The minimum absolute atomic E-state index is 0.0288. The van der Waals surface area contributed by atoms with Crippen LogP contribution in [-0.4, -0.2) is 27.6 Å². The van der Waals surface area contributed by atoms with Crippen LogP contribution in [0.3, 0.4) is 0 Å². The van der Waals surface area contributed by atoms with Crippen molar-refractivity contribution in [2.75, 3.05) is 7.05 Å². The van der Waals surface area contributed by atoms with Crippen molar-refractivity contribution in [3.63, 3.8) is 0 Å². The van der Waals surface area contributed by atoms with E-state index in [9.17, 15) is 9.18 Å². The zero-order valence-electron chi connectivity index (χ0n) is 17.8. The van der Waals surface area contributed by atoms with Crippen LogP contribution in [0.4, 0.5) is 4.39 Å². The molecule has 1 atom stereocenters. The summed E-state index contributed by atoms with van der Waals surface area (Å²) in [5, 5.41) is 4.91. The Labute approximate surface area is 182 Å². The summed E-state index contributed by atoms with van der Waals surface area (Å²) in [6, 6.07) is 16.4. The monoisotopic (exact) mass is 415 g/mol. The molecule has 1 unspecified atom stereocenters. The third kappa shape index (κ3) is 4.22. The highest BCUT2D eigenvalue weighted by atomic mass is 19.1. The quantitative estimate of drug-likeness (QED) is 0.537. The Morgan fingerprint density at radius 1 is 1.13 bits per heavy atom. The van der Waals surface area contributed by atoms with Crippen molar-refractivity contribution < 1.29 is 9.18 Å². The van der Waals surface area contributed by atoms with Crippen LogP contribution in [-0.2, 0) is 13.0 Å².